The van der Waals surface area contributed by atoms with Crippen molar-refractivity contribution in [3.05, 3.63) is 30.0 Å². The third-order valence-electron chi connectivity index (χ3n) is 3.84. The largest absolute Gasteiger partial charge is 0.457 e. The van der Waals surface area contributed by atoms with Gasteiger partial charge in [0.2, 0.25) is 0 Å². The summed E-state index contributed by atoms with van der Waals surface area (Å²) in [6.07, 6.45) is 0. The first-order valence-electron chi connectivity index (χ1n) is 6.06. The summed E-state index contributed by atoms with van der Waals surface area (Å²) in [5.41, 5.74) is 0.685. The zero-order valence-electron chi connectivity index (χ0n) is 10.0. The molecule has 2 unspecified atom stereocenters. The van der Waals surface area contributed by atoms with Crippen molar-refractivity contribution in [3.63, 3.8) is 0 Å². The van der Waals surface area contributed by atoms with Gasteiger partial charge in [-0.05, 0) is 18.8 Å². The molecule has 0 aliphatic carbocycles. The molecule has 3 nitrogen and oxygen atoms in total. The number of nitrogens with one attached hydrogen (secondary N) is 1. The van der Waals surface area contributed by atoms with E-state index in [0.29, 0.717) is 29.1 Å². The van der Waals surface area contributed by atoms with Crippen LogP contribution in [-0.4, -0.2) is 31.1 Å². The van der Waals surface area contributed by atoms with Crippen molar-refractivity contribution in [2.75, 3.05) is 26.2 Å². The first kappa shape index (κ1) is 10.8. The highest BCUT2D eigenvalue weighted by atomic mass is 19.1. The molecule has 3 rings (SSSR count). The number of aryl methyl sites for hydroxylation is 1. The quantitative estimate of drug-likeness (QED) is 0.849. The molecule has 2 aliphatic rings. The number of rotatable bonds is 2. The molecule has 0 amide bonds. The molecule has 92 valence electrons. The maximum atomic E-state index is 13.6. The van der Waals surface area contributed by atoms with Gasteiger partial charge in [-0.1, -0.05) is 6.58 Å². The monoisotopic (exact) mass is 236 g/mol. The van der Waals surface area contributed by atoms with E-state index >= 15 is 0 Å². The minimum absolute atomic E-state index is 0.301. The van der Waals surface area contributed by atoms with Crippen LogP contribution in [0.5, 0.6) is 0 Å². The molecule has 0 saturated carbocycles. The normalized spacial score (nSPS) is 27.5. The highest BCUT2D eigenvalue weighted by Crippen LogP contribution is 2.33. The Morgan fingerprint density at radius 2 is 2.12 bits per heavy atom. The predicted octanol–water partition coefficient (Wildman–Crippen LogP) is 1.85. The molecule has 0 spiro atoms. The van der Waals surface area contributed by atoms with Crippen LogP contribution in [0.4, 0.5) is 4.39 Å². The zero-order valence-corrected chi connectivity index (χ0v) is 10.0. The average Bonchev–Trinajstić information content (AvgIpc) is 2.90. The van der Waals surface area contributed by atoms with Crippen LogP contribution in [0.2, 0.25) is 0 Å². The molecule has 17 heavy (non-hydrogen) atoms. The first-order chi connectivity index (χ1) is 8.15. The number of fused-ring (bicyclic) bond motifs is 1. The minimum atomic E-state index is -0.303. The van der Waals surface area contributed by atoms with Gasteiger partial charge in [-0.25, -0.2) is 4.39 Å². The molecule has 2 fully saturated rings. The Bertz CT molecular complexity index is 442. The van der Waals surface area contributed by atoms with E-state index < -0.39 is 0 Å². The number of nitrogens with zero attached hydrogens (tertiary/aromatic N) is 1. The highest BCUT2D eigenvalue weighted by Gasteiger charge is 2.37. The Kier molecular flexibility index (Phi) is 2.47. The van der Waals surface area contributed by atoms with Crippen LogP contribution < -0.4 is 5.32 Å². The summed E-state index contributed by atoms with van der Waals surface area (Å²) in [5, 5.41) is 3.39. The lowest BCUT2D eigenvalue weighted by Gasteiger charge is -2.20. The summed E-state index contributed by atoms with van der Waals surface area (Å²) < 4.78 is 19.0. The van der Waals surface area contributed by atoms with Crippen molar-refractivity contribution in [2.24, 2.45) is 11.8 Å². The van der Waals surface area contributed by atoms with Gasteiger partial charge in [0.25, 0.3) is 0 Å². The van der Waals surface area contributed by atoms with Crippen LogP contribution in [0.15, 0.2) is 17.1 Å². The molecule has 0 aromatic carbocycles. The minimum Gasteiger partial charge on any atom is -0.457 e. The molecule has 4 heteroatoms. The lowest BCUT2D eigenvalue weighted by Crippen LogP contribution is -2.24. The summed E-state index contributed by atoms with van der Waals surface area (Å²) in [5.74, 6) is 1.94. The maximum absolute atomic E-state index is 13.6. The van der Waals surface area contributed by atoms with Gasteiger partial charge in [-0.3, -0.25) is 0 Å². The molecule has 2 aliphatic heterocycles. The van der Waals surface area contributed by atoms with Gasteiger partial charge < -0.3 is 14.6 Å². The number of hydrogen-bond donors (Lipinski definition) is 1. The van der Waals surface area contributed by atoms with Crippen LogP contribution in [0.3, 0.4) is 0 Å². The van der Waals surface area contributed by atoms with Crippen molar-refractivity contribution in [1.82, 2.24) is 10.2 Å². The number of furan rings is 1. The van der Waals surface area contributed by atoms with Gasteiger partial charge in [-0.2, -0.15) is 0 Å². The Hall–Kier alpha value is -1.29. The molecular formula is C13H17FN2O. The number of halogens is 1. The van der Waals surface area contributed by atoms with E-state index in [1.165, 1.54) is 6.07 Å². The highest BCUT2D eigenvalue weighted by molar-refractivity contribution is 5.58. The van der Waals surface area contributed by atoms with Gasteiger partial charge in [0.1, 0.15) is 5.76 Å². The molecule has 2 atom stereocenters. The van der Waals surface area contributed by atoms with Crippen molar-refractivity contribution >= 4 is 5.70 Å². The molecule has 0 radical (unpaired) electrons. The first-order valence-corrected chi connectivity index (χ1v) is 6.06. The second-order valence-electron chi connectivity index (χ2n) is 5.06. The molecule has 1 N–H and O–H groups in total. The summed E-state index contributed by atoms with van der Waals surface area (Å²) >= 11 is 0. The van der Waals surface area contributed by atoms with E-state index in [1.807, 2.05) is 0 Å². The van der Waals surface area contributed by atoms with E-state index in [9.17, 15) is 4.39 Å². The van der Waals surface area contributed by atoms with Gasteiger partial charge >= 0.3 is 0 Å². The van der Waals surface area contributed by atoms with E-state index in [1.54, 1.807) is 6.92 Å². The number of likely N-dealkylation sites (tertiary alicyclic amines) is 1. The zero-order chi connectivity index (χ0) is 12.0. The molecular weight excluding hydrogens is 219 g/mol. The lowest BCUT2D eigenvalue weighted by molar-refractivity contribution is 0.413. The second kappa shape index (κ2) is 3.88. The predicted molar refractivity (Wildman–Crippen MR) is 63.9 cm³/mol. The van der Waals surface area contributed by atoms with Gasteiger partial charge in [0.15, 0.2) is 11.6 Å². The Morgan fingerprint density at radius 1 is 1.47 bits per heavy atom. The van der Waals surface area contributed by atoms with Crippen molar-refractivity contribution in [1.29, 1.82) is 0 Å². The summed E-state index contributed by atoms with van der Waals surface area (Å²) in [6, 6.07) is 1.42. The summed E-state index contributed by atoms with van der Waals surface area (Å²) in [7, 11) is 0. The number of hydrogen-bond acceptors (Lipinski definition) is 3. The second-order valence-corrected chi connectivity index (χ2v) is 5.06. The van der Waals surface area contributed by atoms with E-state index in [-0.39, 0.29) is 5.82 Å². The Labute approximate surface area is 100 Å². The summed E-state index contributed by atoms with van der Waals surface area (Å²) in [4.78, 5) is 2.15. The fraction of sp³-hybridized carbons (Fsp3) is 0.538. The topological polar surface area (TPSA) is 28.4 Å². The van der Waals surface area contributed by atoms with Crippen LogP contribution >= 0.6 is 0 Å². The Morgan fingerprint density at radius 3 is 2.65 bits per heavy atom. The molecule has 2 saturated heterocycles. The van der Waals surface area contributed by atoms with Crippen molar-refractivity contribution < 1.29 is 8.81 Å². The molecule has 0 bridgehead atoms. The van der Waals surface area contributed by atoms with Crippen LogP contribution in [0.25, 0.3) is 5.70 Å². The molecule has 3 heterocycles. The average molecular weight is 236 g/mol. The van der Waals surface area contributed by atoms with Crippen molar-refractivity contribution in [3.8, 4) is 0 Å². The van der Waals surface area contributed by atoms with Gasteiger partial charge in [0, 0.05) is 32.2 Å². The standard InChI is InChI=1S/C13H17FN2O/c1-8-3-12(14)13(17-8)9(2)16-6-10-4-15-5-11(10)7-16/h3,10-11,15H,2,4-7H2,1H3. The molecule has 1 aromatic rings. The third kappa shape index (κ3) is 1.76. The van der Waals surface area contributed by atoms with E-state index in [2.05, 4.69) is 16.8 Å². The van der Waals surface area contributed by atoms with Crippen LogP contribution in [-0.2, 0) is 0 Å². The van der Waals surface area contributed by atoms with Gasteiger partial charge in [0.05, 0.1) is 5.70 Å². The SMILES string of the molecule is C=C(c1oc(C)cc1F)N1CC2CNCC2C1. The van der Waals surface area contributed by atoms with Gasteiger partial charge in [-0.15, -0.1) is 0 Å². The summed E-state index contributed by atoms with van der Waals surface area (Å²) in [6.45, 7) is 9.77. The molecule has 1 aromatic heterocycles. The third-order valence-corrected chi connectivity index (χ3v) is 3.84. The Balaban J connectivity index is 1.77. The van der Waals surface area contributed by atoms with Crippen LogP contribution in [0, 0.1) is 24.6 Å². The fourth-order valence-electron chi connectivity index (χ4n) is 2.90. The maximum Gasteiger partial charge on any atom is 0.185 e. The van der Waals surface area contributed by atoms with Crippen molar-refractivity contribution in [2.45, 2.75) is 6.92 Å². The smallest absolute Gasteiger partial charge is 0.185 e. The van der Waals surface area contributed by atoms with E-state index in [4.69, 9.17) is 4.42 Å². The van der Waals surface area contributed by atoms with E-state index in [0.717, 1.165) is 26.2 Å². The lowest BCUT2D eigenvalue weighted by atomic mass is 10.0. The van der Waals surface area contributed by atoms with Crippen LogP contribution in [0.1, 0.15) is 11.5 Å². The fourth-order valence-corrected chi connectivity index (χ4v) is 2.90.